The summed E-state index contributed by atoms with van der Waals surface area (Å²) < 4.78 is 4.91. The maximum absolute atomic E-state index is 11.9. The van der Waals surface area contributed by atoms with Crippen molar-refractivity contribution in [2.45, 2.75) is 32.2 Å². The molecule has 3 N–H and O–H groups in total. The van der Waals surface area contributed by atoms with Crippen LogP contribution < -0.4 is 5.32 Å². The van der Waals surface area contributed by atoms with Gasteiger partial charge in [-0.15, -0.1) is 0 Å². The smallest absolute Gasteiger partial charge is 0.328 e. The lowest BCUT2D eigenvalue weighted by Gasteiger charge is -2.17. The Labute approximate surface area is 127 Å². The number of aromatic hydroxyl groups is 1. The number of phenols is 1. The van der Waals surface area contributed by atoms with E-state index < -0.39 is 23.9 Å². The van der Waals surface area contributed by atoms with Crippen LogP contribution >= 0.6 is 0 Å². The Morgan fingerprint density at radius 2 is 1.82 bits per heavy atom. The van der Waals surface area contributed by atoms with E-state index >= 15 is 0 Å². The summed E-state index contributed by atoms with van der Waals surface area (Å²) in [6.07, 6.45) is -0.320. The van der Waals surface area contributed by atoms with Crippen LogP contribution in [0.25, 0.3) is 0 Å². The summed E-state index contributed by atoms with van der Waals surface area (Å²) in [7, 11) is 0. The van der Waals surface area contributed by atoms with Gasteiger partial charge in [0.1, 0.15) is 11.8 Å². The summed E-state index contributed by atoms with van der Waals surface area (Å²) in [5.74, 6) is -2.10. The van der Waals surface area contributed by atoms with E-state index in [-0.39, 0.29) is 31.6 Å². The Bertz CT molecular complexity index is 525. The molecule has 0 aromatic heterocycles. The van der Waals surface area contributed by atoms with Crippen LogP contribution in [0.15, 0.2) is 24.3 Å². The van der Waals surface area contributed by atoms with E-state index in [9.17, 15) is 19.5 Å². The van der Waals surface area contributed by atoms with E-state index in [1.165, 1.54) is 12.1 Å². The molecule has 0 radical (unpaired) electrons. The average molecular weight is 309 g/mol. The van der Waals surface area contributed by atoms with E-state index in [4.69, 9.17) is 9.84 Å². The third kappa shape index (κ3) is 6.25. The number of phenolic OH excluding ortho intramolecular Hbond substituents is 1. The van der Waals surface area contributed by atoms with Gasteiger partial charge in [0.05, 0.1) is 13.0 Å². The van der Waals surface area contributed by atoms with Crippen LogP contribution in [0.4, 0.5) is 0 Å². The SMILES string of the molecule is CCOC(=O)C(Cc1ccc(O)cc1)NC(=O)CCC(=O)O. The maximum atomic E-state index is 11.9. The van der Waals surface area contributed by atoms with Gasteiger partial charge in [-0.3, -0.25) is 9.59 Å². The number of aliphatic carboxylic acids is 1. The van der Waals surface area contributed by atoms with E-state index in [0.717, 1.165) is 5.56 Å². The molecule has 0 spiro atoms. The molecule has 0 fully saturated rings. The monoisotopic (exact) mass is 309 g/mol. The summed E-state index contributed by atoms with van der Waals surface area (Å²) in [6, 6.07) is 5.31. The number of carboxylic acid groups (broad SMARTS) is 1. The number of carbonyl (C=O) groups excluding carboxylic acids is 2. The molecule has 0 bridgehead atoms. The molecule has 1 aromatic rings. The summed E-state index contributed by atoms with van der Waals surface area (Å²) in [5.41, 5.74) is 0.731. The molecule has 1 unspecified atom stereocenters. The summed E-state index contributed by atoms with van der Waals surface area (Å²) in [4.78, 5) is 34.0. The molecule has 1 atom stereocenters. The molecule has 0 saturated heterocycles. The van der Waals surface area contributed by atoms with Crippen molar-refractivity contribution in [1.29, 1.82) is 0 Å². The maximum Gasteiger partial charge on any atom is 0.328 e. The first kappa shape index (κ1) is 17.5. The minimum atomic E-state index is -1.08. The van der Waals surface area contributed by atoms with E-state index in [2.05, 4.69) is 5.32 Å². The zero-order valence-electron chi connectivity index (χ0n) is 12.2. The Hall–Kier alpha value is -2.57. The number of nitrogens with one attached hydrogen (secondary N) is 1. The van der Waals surface area contributed by atoms with Crippen molar-refractivity contribution in [3.63, 3.8) is 0 Å². The zero-order valence-corrected chi connectivity index (χ0v) is 12.2. The minimum Gasteiger partial charge on any atom is -0.508 e. The molecule has 1 rings (SSSR count). The molecule has 0 aliphatic carbocycles. The van der Waals surface area contributed by atoms with Crippen LogP contribution in [0.1, 0.15) is 25.3 Å². The van der Waals surface area contributed by atoms with Gasteiger partial charge in [-0.1, -0.05) is 12.1 Å². The first-order valence-corrected chi connectivity index (χ1v) is 6.88. The van der Waals surface area contributed by atoms with Crippen LogP contribution in [-0.4, -0.2) is 40.7 Å². The van der Waals surface area contributed by atoms with Crippen molar-refractivity contribution in [3.8, 4) is 5.75 Å². The molecular formula is C15H19NO6. The zero-order chi connectivity index (χ0) is 16.5. The van der Waals surface area contributed by atoms with Crippen LogP contribution in [0.2, 0.25) is 0 Å². The molecule has 22 heavy (non-hydrogen) atoms. The number of rotatable bonds is 8. The first-order valence-electron chi connectivity index (χ1n) is 6.88. The number of carbonyl (C=O) groups is 3. The van der Waals surface area contributed by atoms with Crippen molar-refractivity contribution in [1.82, 2.24) is 5.32 Å². The van der Waals surface area contributed by atoms with Gasteiger partial charge < -0.3 is 20.3 Å². The second kappa shape index (κ2) is 8.66. The van der Waals surface area contributed by atoms with Crippen molar-refractivity contribution in [2.24, 2.45) is 0 Å². The molecule has 120 valence electrons. The predicted octanol–water partition coefficient (Wildman–Crippen LogP) is 0.847. The summed E-state index contributed by atoms with van der Waals surface area (Å²) in [6.45, 7) is 1.83. The molecule has 7 heteroatoms. The molecule has 0 aliphatic heterocycles. The molecular weight excluding hydrogens is 290 g/mol. The number of esters is 1. The van der Waals surface area contributed by atoms with Crippen LogP contribution in [-0.2, 0) is 25.5 Å². The molecule has 1 aromatic carbocycles. The van der Waals surface area contributed by atoms with Crippen molar-refractivity contribution in [2.75, 3.05) is 6.61 Å². The number of hydrogen-bond acceptors (Lipinski definition) is 5. The van der Waals surface area contributed by atoms with Crippen LogP contribution in [0.5, 0.6) is 5.75 Å². The Kier molecular flexibility index (Phi) is 6.88. The van der Waals surface area contributed by atoms with Gasteiger partial charge in [-0.25, -0.2) is 4.79 Å². The van der Waals surface area contributed by atoms with Gasteiger partial charge in [0.25, 0.3) is 0 Å². The first-order chi connectivity index (χ1) is 10.4. The fourth-order valence-corrected chi connectivity index (χ4v) is 1.79. The van der Waals surface area contributed by atoms with Gasteiger partial charge in [0, 0.05) is 12.8 Å². The number of ether oxygens (including phenoxy) is 1. The average Bonchev–Trinajstić information content (AvgIpc) is 2.47. The second-order valence-corrected chi connectivity index (χ2v) is 4.64. The van der Waals surface area contributed by atoms with Crippen LogP contribution in [0, 0.1) is 0 Å². The van der Waals surface area contributed by atoms with Crippen molar-refractivity contribution >= 4 is 17.8 Å². The molecule has 7 nitrogen and oxygen atoms in total. The van der Waals surface area contributed by atoms with E-state index in [1.54, 1.807) is 19.1 Å². The lowest BCUT2D eigenvalue weighted by atomic mass is 10.1. The molecule has 1 amide bonds. The number of hydrogen-bond donors (Lipinski definition) is 3. The van der Waals surface area contributed by atoms with Gasteiger partial charge in [-0.05, 0) is 24.6 Å². The second-order valence-electron chi connectivity index (χ2n) is 4.64. The van der Waals surface area contributed by atoms with Gasteiger partial charge in [0.2, 0.25) is 5.91 Å². The van der Waals surface area contributed by atoms with E-state index in [0.29, 0.717) is 0 Å². The third-order valence-electron chi connectivity index (χ3n) is 2.85. The van der Waals surface area contributed by atoms with Crippen LogP contribution in [0.3, 0.4) is 0 Å². The number of carboxylic acids is 1. The standard InChI is InChI=1S/C15H19NO6/c1-2-22-15(21)12(16-13(18)7-8-14(19)20)9-10-3-5-11(17)6-4-10/h3-6,12,17H,2,7-9H2,1H3,(H,16,18)(H,19,20). The Balaban J connectivity index is 2.70. The minimum absolute atomic E-state index is 0.0990. The molecule has 0 heterocycles. The topological polar surface area (TPSA) is 113 Å². The lowest BCUT2D eigenvalue weighted by molar-refractivity contribution is -0.147. The summed E-state index contributed by atoms with van der Waals surface area (Å²) in [5, 5.41) is 20.3. The Morgan fingerprint density at radius 1 is 1.18 bits per heavy atom. The molecule has 0 aliphatic rings. The van der Waals surface area contributed by atoms with Crippen molar-refractivity contribution < 1.29 is 29.3 Å². The normalized spacial score (nSPS) is 11.5. The van der Waals surface area contributed by atoms with Gasteiger partial charge in [-0.2, -0.15) is 0 Å². The lowest BCUT2D eigenvalue weighted by Crippen LogP contribution is -2.43. The highest BCUT2D eigenvalue weighted by Gasteiger charge is 2.22. The fraction of sp³-hybridized carbons (Fsp3) is 0.400. The Morgan fingerprint density at radius 3 is 2.36 bits per heavy atom. The van der Waals surface area contributed by atoms with E-state index in [1.807, 2.05) is 0 Å². The quantitative estimate of drug-likeness (QED) is 0.614. The summed E-state index contributed by atoms with van der Waals surface area (Å²) >= 11 is 0. The van der Waals surface area contributed by atoms with Gasteiger partial charge in [0.15, 0.2) is 0 Å². The third-order valence-corrected chi connectivity index (χ3v) is 2.85. The molecule has 0 saturated carbocycles. The van der Waals surface area contributed by atoms with Crippen molar-refractivity contribution in [3.05, 3.63) is 29.8 Å². The van der Waals surface area contributed by atoms with Gasteiger partial charge >= 0.3 is 11.9 Å². The predicted molar refractivity (Wildman–Crippen MR) is 77.2 cm³/mol. The highest BCUT2D eigenvalue weighted by Crippen LogP contribution is 2.12. The number of amides is 1. The largest absolute Gasteiger partial charge is 0.508 e. The number of benzene rings is 1. The fourth-order valence-electron chi connectivity index (χ4n) is 1.79. The highest BCUT2D eigenvalue weighted by atomic mass is 16.5. The highest BCUT2D eigenvalue weighted by molar-refractivity contribution is 5.86.